The molecule has 0 aliphatic carbocycles. The van der Waals surface area contributed by atoms with Crippen LogP contribution >= 0.6 is 0 Å². The maximum atomic E-state index is 13.3. The first-order valence-electron chi connectivity index (χ1n) is 11.3. The van der Waals surface area contributed by atoms with Gasteiger partial charge in [-0.25, -0.2) is 8.42 Å². The molecule has 4 rings (SSSR count). The monoisotopic (exact) mass is 462 g/mol. The Balaban J connectivity index is 1.53. The van der Waals surface area contributed by atoms with Crippen LogP contribution in [-0.2, 0) is 14.8 Å². The highest BCUT2D eigenvalue weighted by Crippen LogP contribution is 2.27. The quantitative estimate of drug-likeness (QED) is 0.582. The number of amides is 1. The van der Waals surface area contributed by atoms with Crippen molar-refractivity contribution in [2.45, 2.75) is 37.6 Å². The minimum absolute atomic E-state index is 0.117. The molecule has 1 N–H and O–H groups in total. The van der Waals surface area contributed by atoms with Crippen LogP contribution in [0, 0.1) is 19.8 Å². The second kappa shape index (κ2) is 9.89. The second-order valence-corrected chi connectivity index (χ2v) is 10.7. The molecule has 0 saturated carbocycles. The third-order valence-corrected chi connectivity index (χ3v) is 8.12. The molecule has 3 aromatic carbocycles. The van der Waals surface area contributed by atoms with Gasteiger partial charge in [-0.3, -0.25) is 4.79 Å². The zero-order chi connectivity index (χ0) is 23.4. The molecule has 5 nitrogen and oxygen atoms in total. The summed E-state index contributed by atoms with van der Waals surface area (Å²) in [7, 11) is -3.63. The van der Waals surface area contributed by atoms with E-state index in [1.54, 1.807) is 24.3 Å². The molecule has 0 radical (unpaired) electrons. The van der Waals surface area contributed by atoms with Crippen molar-refractivity contribution in [1.29, 1.82) is 0 Å². The van der Waals surface area contributed by atoms with E-state index < -0.39 is 15.9 Å². The van der Waals surface area contributed by atoms with E-state index in [-0.39, 0.29) is 23.4 Å². The Labute approximate surface area is 196 Å². The van der Waals surface area contributed by atoms with Gasteiger partial charge in [0, 0.05) is 13.1 Å². The highest BCUT2D eigenvalue weighted by molar-refractivity contribution is 7.89. The topological polar surface area (TPSA) is 66.5 Å². The minimum atomic E-state index is -3.63. The Morgan fingerprint density at radius 2 is 1.45 bits per heavy atom. The molecular formula is C27H30N2O3S. The van der Waals surface area contributed by atoms with E-state index >= 15 is 0 Å². The van der Waals surface area contributed by atoms with Gasteiger partial charge in [-0.1, -0.05) is 77.9 Å². The highest BCUT2D eigenvalue weighted by atomic mass is 32.2. The standard InChI is InChI=1S/C27H30N2O3S/c1-20-10-14-23(15-11-20)26(22-7-4-3-5-8-22)28-27(30)24-9-6-18-29(19-24)33(31,32)25-16-12-21(2)13-17-25/h3-5,7-8,10-17,24,26H,6,9,18-19H2,1-2H3,(H,28,30)/t24-,26-/m1/s1. The molecule has 1 heterocycles. The number of piperidine rings is 1. The number of hydrogen-bond donors (Lipinski definition) is 1. The molecule has 33 heavy (non-hydrogen) atoms. The van der Waals surface area contributed by atoms with Gasteiger partial charge in [-0.05, 0) is 49.9 Å². The van der Waals surface area contributed by atoms with E-state index in [1.165, 1.54) is 4.31 Å². The summed E-state index contributed by atoms with van der Waals surface area (Å²) in [4.78, 5) is 13.6. The molecule has 0 unspecified atom stereocenters. The lowest BCUT2D eigenvalue weighted by Crippen LogP contribution is -2.46. The molecule has 1 aliphatic rings. The number of nitrogens with zero attached hydrogens (tertiary/aromatic N) is 1. The molecule has 6 heteroatoms. The number of hydrogen-bond acceptors (Lipinski definition) is 3. The van der Waals surface area contributed by atoms with Crippen molar-refractivity contribution in [3.63, 3.8) is 0 Å². The normalized spacial score (nSPS) is 17.9. The third-order valence-electron chi connectivity index (χ3n) is 6.24. The van der Waals surface area contributed by atoms with Crippen molar-refractivity contribution in [3.05, 3.63) is 101 Å². The molecule has 1 fully saturated rings. The van der Waals surface area contributed by atoms with Gasteiger partial charge < -0.3 is 5.32 Å². The van der Waals surface area contributed by atoms with Gasteiger partial charge in [0.2, 0.25) is 15.9 Å². The van der Waals surface area contributed by atoms with Crippen LogP contribution in [0.25, 0.3) is 0 Å². The van der Waals surface area contributed by atoms with E-state index in [2.05, 4.69) is 5.32 Å². The lowest BCUT2D eigenvalue weighted by atomic mass is 9.94. The molecule has 0 bridgehead atoms. The summed E-state index contributed by atoms with van der Waals surface area (Å²) in [6.45, 7) is 4.58. The van der Waals surface area contributed by atoms with Gasteiger partial charge in [0.15, 0.2) is 0 Å². The Hall–Kier alpha value is -2.96. The Morgan fingerprint density at radius 1 is 0.879 bits per heavy atom. The van der Waals surface area contributed by atoms with E-state index in [9.17, 15) is 13.2 Å². The Kier molecular flexibility index (Phi) is 6.96. The first kappa shape index (κ1) is 23.2. The van der Waals surface area contributed by atoms with Gasteiger partial charge in [0.1, 0.15) is 0 Å². The van der Waals surface area contributed by atoms with Crippen molar-refractivity contribution in [2.75, 3.05) is 13.1 Å². The molecule has 0 spiro atoms. The van der Waals surface area contributed by atoms with Crippen molar-refractivity contribution in [1.82, 2.24) is 9.62 Å². The average molecular weight is 463 g/mol. The number of carbonyl (C=O) groups is 1. The maximum Gasteiger partial charge on any atom is 0.243 e. The lowest BCUT2D eigenvalue weighted by Gasteiger charge is -2.32. The lowest BCUT2D eigenvalue weighted by molar-refractivity contribution is -0.126. The molecule has 0 aromatic heterocycles. The number of benzene rings is 3. The first-order valence-corrected chi connectivity index (χ1v) is 12.8. The molecule has 1 aliphatic heterocycles. The SMILES string of the molecule is Cc1ccc([C@H](NC(=O)[C@@H]2CCCN(S(=O)(=O)c3ccc(C)cc3)C2)c2ccccc2)cc1. The molecule has 3 aromatic rings. The summed E-state index contributed by atoms with van der Waals surface area (Å²) in [6.07, 6.45) is 1.32. The largest absolute Gasteiger partial charge is 0.345 e. The first-order chi connectivity index (χ1) is 15.8. The molecule has 1 saturated heterocycles. The van der Waals surface area contributed by atoms with Gasteiger partial charge in [0.25, 0.3) is 0 Å². The fourth-order valence-electron chi connectivity index (χ4n) is 4.26. The van der Waals surface area contributed by atoms with Crippen molar-refractivity contribution in [2.24, 2.45) is 5.92 Å². The number of aryl methyl sites for hydroxylation is 2. The van der Waals surface area contributed by atoms with Gasteiger partial charge in [-0.2, -0.15) is 4.31 Å². The summed E-state index contributed by atoms with van der Waals surface area (Å²) in [5.74, 6) is -0.510. The average Bonchev–Trinajstić information content (AvgIpc) is 2.84. The summed E-state index contributed by atoms with van der Waals surface area (Å²) in [5, 5.41) is 3.20. The van der Waals surface area contributed by atoms with Crippen molar-refractivity contribution in [3.8, 4) is 0 Å². The van der Waals surface area contributed by atoms with Gasteiger partial charge in [0.05, 0.1) is 16.9 Å². The zero-order valence-electron chi connectivity index (χ0n) is 19.1. The summed E-state index contributed by atoms with van der Waals surface area (Å²) >= 11 is 0. The van der Waals surface area contributed by atoms with Crippen LogP contribution in [0.4, 0.5) is 0 Å². The highest BCUT2D eigenvalue weighted by Gasteiger charge is 2.34. The molecule has 2 atom stereocenters. The van der Waals surface area contributed by atoms with Crippen LogP contribution in [0.15, 0.2) is 83.8 Å². The second-order valence-electron chi connectivity index (χ2n) is 8.78. The van der Waals surface area contributed by atoms with Crippen LogP contribution < -0.4 is 5.32 Å². The maximum absolute atomic E-state index is 13.3. The van der Waals surface area contributed by atoms with E-state index in [4.69, 9.17) is 0 Å². The van der Waals surface area contributed by atoms with Crippen LogP contribution in [0.5, 0.6) is 0 Å². The van der Waals surface area contributed by atoms with Crippen molar-refractivity contribution < 1.29 is 13.2 Å². The fraction of sp³-hybridized carbons (Fsp3) is 0.296. The Morgan fingerprint density at radius 3 is 2.09 bits per heavy atom. The summed E-state index contributed by atoms with van der Waals surface area (Å²) in [6, 6.07) is 24.6. The van der Waals surface area contributed by atoms with Crippen LogP contribution in [0.2, 0.25) is 0 Å². The number of rotatable bonds is 6. The van der Waals surface area contributed by atoms with E-state index in [0.717, 1.165) is 22.3 Å². The smallest absolute Gasteiger partial charge is 0.243 e. The van der Waals surface area contributed by atoms with E-state index in [0.29, 0.717) is 19.4 Å². The summed E-state index contributed by atoms with van der Waals surface area (Å²) < 4.78 is 27.8. The number of nitrogens with one attached hydrogen (secondary N) is 1. The summed E-state index contributed by atoms with van der Waals surface area (Å²) in [5.41, 5.74) is 4.16. The van der Waals surface area contributed by atoms with Crippen LogP contribution in [0.1, 0.15) is 41.1 Å². The third kappa shape index (κ3) is 5.34. The minimum Gasteiger partial charge on any atom is -0.345 e. The molecular weight excluding hydrogens is 432 g/mol. The number of sulfonamides is 1. The Bertz CT molecular complexity index is 1190. The van der Waals surface area contributed by atoms with Crippen molar-refractivity contribution >= 4 is 15.9 Å². The predicted molar refractivity (Wildman–Crippen MR) is 130 cm³/mol. The van der Waals surface area contributed by atoms with Crippen LogP contribution in [-0.4, -0.2) is 31.7 Å². The zero-order valence-corrected chi connectivity index (χ0v) is 19.9. The molecule has 1 amide bonds. The fourth-order valence-corrected chi connectivity index (χ4v) is 5.78. The molecule has 172 valence electrons. The van der Waals surface area contributed by atoms with Gasteiger partial charge >= 0.3 is 0 Å². The van der Waals surface area contributed by atoms with Gasteiger partial charge in [-0.15, -0.1) is 0 Å². The van der Waals surface area contributed by atoms with E-state index in [1.807, 2.05) is 68.4 Å². The predicted octanol–water partition coefficient (Wildman–Crippen LogP) is 4.61. The van der Waals surface area contributed by atoms with Crippen LogP contribution in [0.3, 0.4) is 0 Å². The number of carbonyl (C=O) groups excluding carboxylic acids is 1.